The number of thiophene rings is 4. The predicted molar refractivity (Wildman–Crippen MR) is 358 cm³/mol. The molecule has 1 unspecified atom stereocenters. The summed E-state index contributed by atoms with van der Waals surface area (Å²) in [6, 6.07) is 27.1. The average molecular weight is 1190 g/mol. The van der Waals surface area contributed by atoms with Crippen LogP contribution in [0, 0.1) is 0 Å². The van der Waals surface area contributed by atoms with Crippen LogP contribution in [0.15, 0.2) is 89.6 Å². The number of ether oxygens (including phenoxy) is 4. The molecule has 0 saturated carbocycles. The summed E-state index contributed by atoms with van der Waals surface area (Å²) in [6.07, 6.45) is 28.5. The lowest BCUT2D eigenvalue weighted by Crippen LogP contribution is -2.34. The van der Waals surface area contributed by atoms with Gasteiger partial charge in [-0.1, -0.05) is 186 Å². The molecule has 0 bridgehead atoms. The monoisotopic (exact) mass is 1190 g/mol. The molecule has 5 aromatic carbocycles. The number of nitrogens with zero attached hydrogens (tertiary/aromatic N) is 1. The van der Waals surface area contributed by atoms with Gasteiger partial charge in [0.2, 0.25) is 0 Å². The summed E-state index contributed by atoms with van der Waals surface area (Å²) in [5, 5.41) is 13.1. The molecule has 5 heterocycles. The molecule has 1 aliphatic rings. The highest BCUT2D eigenvalue weighted by Crippen LogP contribution is 2.52. The van der Waals surface area contributed by atoms with Crippen LogP contribution in [0.3, 0.4) is 0 Å². The maximum Gasteiger partial charge on any atom is 0.263 e. The topological polar surface area (TPSA) is 74.3 Å². The minimum absolute atomic E-state index is 0.271. The molecule has 10 rings (SSSR count). The number of amides is 2. The fourth-order valence-electron chi connectivity index (χ4n) is 12.1. The summed E-state index contributed by atoms with van der Waals surface area (Å²) in [5.74, 6) is 2.58. The number of fused-ring (bicyclic) bond motifs is 12. The van der Waals surface area contributed by atoms with Crippen molar-refractivity contribution in [3.8, 4) is 23.0 Å². The van der Waals surface area contributed by atoms with E-state index in [9.17, 15) is 0 Å². The van der Waals surface area contributed by atoms with Crippen LogP contribution in [-0.4, -0.2) is 43.1 Å². The quantitative estimate of drug-likeness (QED) is 0.0288. The Kier molecular flexibility index (Phi) is 22.0. The van der Waals surface area contributed by atoms with Gasteiger partial charge in [-0.2, -0.15) is 0 Å². The third-order valence-electron chi connectivity index (χ3n) is 16.8. The van der Waals surface area contributed by atoms with Gasteiger partial charge in [0.15, 0.2) is 23.0 Å². The Bertz CT molecular complexity index is 3420. The first-order valence-corrected chi connectivity index (χ1v) is 35.2. The number of carbonyl (C=O) groups is 2. The van der Waals surface area contributed by atoms with Gasteiger partial charge in [0.25, 0.3) is 11.8 Å². The van der Waals surface area contributed by atoms with E-state index in [4.69, 9.17) is 18.9 Å². The Morgan fingerprint density at radius 3 is 1.04 bits per heavy atom. The first-order valence-electron chi connectivity index (χ1n) is 31.8. The van der Waals surface area contributed by atoms with E-state index in [1.807, 2.05) is 37.3 Å². The molecule has 0 saturated heterocycles. The largest absolute Gasteiger partial charge is 0.490 e. The van der Waals surface area contributed by atoms with Gasteiger partial charge in [-0.15, -0.1) is 45.3 Å². The van der Waals surface area contributed by atoms with Gasteiger partial charge in [0.05, 0.1) is 43.6 Å². The number of hydrogen-bond acceptors (Lipinski definition) is 10. The lowest BCUT2D eigenvalue weighted by atomic mass is 10.0. The van der Waals surface area contributed by atoms with Gasteiger partial charge in [-0.25, -0.2) is 0 Å². The van der Waals surface area contributed by atoms with Crippen LogP contribution in [0.25, 0.3) is 73.0 Å². The minimum Gasteiger partial charge on any atom is -0.490 e. The molecule has 83 heavy (non-hydrogen) atoms. The first kappa shape index (κ1) is 60.7. The highest BCUT2D eigenvalue weighted by molar-refractivity contribution is 7.24. The molecule has 11 heteroatoms. The van der Waals surface area contributed by atoms with E-state index in [1.165, 1.54) is 117 Å². The second-order valence-corrected chi connectivity index (χ2v) is 26.9. The maximum atomic E-state index is 15.6. The highest BCUT2D eigenvalue weighted by Gasteiger charge is 2.44. The van der Waals surface area contributed by atoms with Crippen LogP contribution in [-0.2, 0) is 9.59 Å². The van der Waals surface area contributed by atoms with E-state index < -0.39 is 6.04 Å². The van der Waals surface area contributed by atoms with Gasteiger partial charge in [0, 0.05) is 71.6 Å². The SMILES string of the molecule is CCCCCCCCOc1cc2c(cc1OCCCCCCCC)c1sc(C3=C(c4cc5c6ccsc6c6cc(OCCCCCCCC)c(OCCCCCCCC)cc6c5s4)C(=O)N(C(C)c4ccccc4)C3=O)cc1c1ccsc12. The lowest BCUT2D eigenvalue weighted by molar-refractivity contribution is -0.138. The van der Waals surface area contributed by atoms with E-state index in [0.717, 1.165) is 142 Å². The lowest BCUT2D eigenvalue weighted by Gasteiger charge is -2.23. The number of unbranched alkanes of at least 4 members (excludes halogenated alkanes) is 20. The molecule has 9 aromatic rings. The molecule has 1 atom stereocenters. The Labute approximate surface area is 509 Å². The third-order valence-corrected chi connectivity index (χ3v) is 21.1. The smallest absolute Gasteiger partial charge is 0.263 e. The van der Waals surface area contributed by atoms with Crippen LogP contribution in [0.1, 0.15) is 210 Å². The molecule has 440 valence electrons. The highest BCUT2D eigenvalue weighted by atomic mass is 32.1. The molecule has 0 aliphatic carbocycles. The fraction of sp³-hybridized carbons (Fsp3) is 0.472. The molecule has 0 fully saturated rings. The van der Waals surface area contributed by atoms with E-state index >= 15 is 9.59 Å². The molecule has 2 amide bonds. The van der Waals surface area contributed by atoms with Gasteiger partial charge in [-0.3, -0.25) is 14.5 Å². The molecular formula is C72H87NO6S4. The molecule has 0 spiro atoms. The normalized spacial score (nSPS) is 13.4. The van der Waals surface area contributed by atoms with Crippen LogP contribution >= 0.6 is 45.3 Å². The Hall–Kier alpha value is -5.46. The van der Waals surface area contributed by atoms with Crippen molar-refractivity contribution in [1.29, 1.82) is 0 Å². The minimum atomic E-state index is -0.497. The van der Waals surface area contributed by atoms with E-state index in [0.29, 0.717) is 37.6 Å². The zero-order chi connectivity index (χ0) is 57.5. The van der Waals surface area contributed by atoms with Crippen LogP contribution < -0.4 is 18.9 Å². The molecule has 4 aromatic heterocycles. The van der Waals surface area contributed by atoms with Crippen molar-refractivity contribution in [2.24, 2.45) is 0 Å². The summed E-state index contributed by atoms with van der Waals surface area (Å²) in [6.45, 7) is 13.5. The number of hydrogen-bond donors (Lipinski definition) is 0. The Morgan fingerprint density at radius 2 is 0.687 bits per heavy atom. The molecular weight excluding hydrogens is 1100 g/mol. The fourth-order valence-corrected chi connectivity index (χ4v) is 16.5. The third kappa shape index (κ3) is 14.0. The van der Waals surface area contributed by atoms with Crippen LogP contribution in [0.5, 0.6) is 23.0 Å². The summed E-state index contributed by atoms with van der Waals surface area (Å²) in [7, 11) is 0. The van der Waals surface area contributed by atoms with Crippen LogP contribution in [0.4, 0.5) is 0 Å². The van der Waals surface area contributed by atoms with Crippen molar-refractivity contribution in [3.05, 3.63) is 105 Å². The van der Waals surface area contributed by atoms with Crippen molar-refractivity contribution in [1.82, 2.24) is 4.90 Å². The van der Waals surface area contributed by atoms with Crippen molar-refractivity contribution < 1.29 is 28.5 Å². The second kappa shape index (κ2) is 30.1. The predicted octanol–water partition coefficient (Wildman–Crippen LogP) is 22.8. The number of benzene rings is 5. The van der Waals surface area contributed by atoms with E-state index in [1.54, 1.807) is 45.3 Å². The van der Waals surface area contributed by atoms with Crippen LogP contribution in [0.2, 0.25) is 0 Å². The molecule has 1 aliphatic heterocycles. The summed E-state index contributed by atoms with van der Waals surface area (Å²) in [4.78, 5) is 34.4. The second-order valence-electron chi connectivity index (χ2n) is 23.0. The number of imide groups is 1. The van der Waals surface area contributed by atoms with Crippen molar-refractivity contribution in [2.45, 2.75) is 195 Å². The van der Waals surface area contributed by atoms with Gasteiger partial charge in [0.1, 0.15) is 0 Å². The zero-order valence-corrected chi connectivity index (χ0v) is 53.3. The van der Waals surface area contributed by atoms with Gasteiger partial charge < -0.3 is 18.9 Å². The van der Waals surface area contributed by atoms with E-state index in [-0.39, 0.29) is 11.8 Å². The standard InChI is InChI=1S/C72H87NO6S4/c1-6-10-14-18-22-29-37-76-59-43-53-55(45-61(59)78-39-31-24-20-16-12-8-3)69-57(51-35-41-80-67(51)53)47-63(82-69)65-66(72(75)73(71(65)74)49(5)50-33-27-26-28-34-50)64-48-58-52-36-42-81-68(52)54-44-60(77-38-30-23-19-15-11-7-2)62(46-56(54)70(58)83-64)79-40-32-25-21-17-13-9-4/h26-28,33-36,41-49H,6-25,29-32,37-40H2,1-5H3. The Balaban J connectivity index is 1.08. The average Bonchev–Trinajstić information content (AvgIpc) is 2.27. The molecule has 0 radical (unpaired) electrons. The summed E-state index contributed by atoms with van der Waals surface area (Å²) >= 11 is 6.69. The van der Waals surface area contributed by atoms with Gasteiger partial charge >= 0.3 is 0 Å². The molecule has 0 N–H and O–H groups in total. The number of rotatable bonds is 36. The zero-order valence-electron chi connectivity index (χ0n) is 50.1. The van der Waals surface area contributed by atoms with Crippen molar-refractivity contribution in [2.75, 3.05) is 26.4 Å². The Morgan fingerprint density at radius 1 is 0.373 bits per heavy atom. The summed E-state index contributed by atoms with van der Waals surface area (Å²) < 4.78 is 31.3. The number of carbonyl (C=O) groups excluding carboxylic acids is 2. The van der Waals surface area contributed by atoms with Crippen molar-refractivity contribution >= 4 is 130 Å². The summed E-state index contributed by atoms with van der Waals surface area (Å²) in [5.41, 5.74) is 1.82. The van der Waals surface area contributed by atoms with E-state index in [2.05, 4.69) is 87.0 Å². The first-order chi connectivity index (χ1) is 40.8. The maximum absolute atomic E-state index is 15.6. The van der Waals surface area contributed by atoms with Crippen molar-refractivity contribution in [3.63, 3.8) is 0 Å². The van der Waals surface area contributed by atoms with Gasteiger partial charge in [-0.05, 0) is 97.5 Å². The molecule has 7 nitrogen and oxygen atoms in total.